The van der Waals surface area contributed by atoms with E-state index in [1.165, 1.54) is 6.21 Å². The van der Waals surface area contributed by atoms with Gasteiger partial charge in [-0.1, -0.05) is 51.1 Å². The van der Waals surface area contributed by atoms with Crippen LogP contribution in [-0.2, 0) is 5.41 Å². The monoisotopic (exact) mass is 296 g/mol. The van der Waals surface area contributed by atoms with Crippen molar-refractivity contribution < 1.29 is 9.90 Å². The summed E-state index contributed by atoms with van der Waals surface area (Å²) in [6.45, 7) is 6.08. The van der Waals surface area contributed by atoms with Gasteiger partial charge in [0.05, 0.1) is 6.21 Å². The van der Waals surface area contributed by atoms with Crippen LogP contribution < -0.4 is 5.43 Å². The number of nitrogens with zero attached hydrogens (tertiary/aromatic N) is 1. The van der Waals surface area contributed by atoms with Crippen LogP contribution in [0, 0.1) is 0 Å². The smallest absolute Gasteiger partial charge is 0.271 e. The maximum atomic E-state index is 11.9. The minimum absolute atomic E-state index is 0.165. The molecule has 22 heavy (non-hydrogen) atoms. The van der Waals surface area contributed by atoms with Crippen molar-refractivity contribution in [2.45, 2.75) is 26.2 Å². The van der Waals surface area contributed by atoms with Crippen LogP contribution in [0.3, 0.4) is 0 Å². The molecule has 0 aliphatic rings. The number of phenols is 1. The van der Waals surface area contributed by atoms with Gasteiger partial charge in [-0.25, -0.2) is 5.43 Å². The van der Waals surface area contributed by atoms with E-state index in [-0.39, 0.29) is 17.1 Å². The minimum Gasteiger partial charge on any atom is -0.507 e. The standard InChI is InChI=1S/C18H20N2O2/c1-18(2,3)15-11-7-10-14(16(15)21)12-19-20-17(22)13-8-5-4-6-9-13/h4-12,21H,1-3H3,(H,20,22)/b19-12+. The summed E-state index contributed by atoms with van der Waals surface area (Å²) in [5.41, 5.74) is 4.23. The summed E-state index contributed by atoms with van der Waals surface area (Å²) in [4.78, 5) is 11.9. The molecule has 0 heterocycles. The lowest BCUT2D eigenvalue weighted by molar-refractivity contribution is 0.0955. The topological polar surface area (TPSA) is 61.7 Å². The van der Waals surface area contributed by atoms with Crippen LogP contribution in [0.15, 0.2) is 53.6 Å². The van der Waals surface area contributed by atoms with E-state index in [0.29, 0.717) is 11.1 Å². The van der Waals surface area contributed by atoms with Gasteiger partial charge in [0.15, 0.2) is 0 Å². The lowest BCUT2D eigenvalue weighted by Gasteiger charge is -2.21. The first kappa shape index (κ1) is 15.8. The predicted molar refractivity (Wildman–Crippen MR) is 88.3 cm³/mol. The van der Waals surface area contributed by atoms with E-state index in [2.05, 4.69) is 10.5 Å². The molecule has 0 atom stereocenters. The Hall–Kier alpha value is -2.62. The zero-order valence-electron chi connectivity index (χ0n) is 13.0. The molecule has 0 radical (unpaired) electrons. The molecule has 0 unspecified atom stereocenters. The average Bonchev–Trinajstić information content (AvgIpc) is 2.48. The number of phenolic OH excluding ortho intramolecular Hbond substituents is 1. The van der Waals surface area contributed by atoms with E-state index < -0.39 is 0 Å². The number of hydrazone groups is 1. The maximum Gasteiger partial charge on any atom is 0.271 e. The van der Waals surface area contributed by atoms with E-state index in [1.807, 2.05) is 39.0 Å². The number of benzene rings is 2. The lowest BCUT2D eigenvalue weighted by Crippen LogP contribution is -2.17. The molecular formula is C18H20N2O2. The summed E-state index contributed by atoms with van der Waals surface area (Å²) < 4.78 is 0. The Labute approximate surface area is 130 Å². The van der Waals surface area contributed by atoms with E-state index in [0.717, 1.165) is 5.56 Å². The number of amides is 1. The summed E-state index contributed by atoms with van der Waals surface area (Å²) in [7, 11) is 0. The molecule has 114 valence electrons. The third kappa shape index (κ3) is 3.73. The molecule has 4 heteroatoms. The summed E-state index contributed by atoms with van der Waals surface area (Å²) in [6, 6.07) is 14.3. The number of nitrogens with one attached hydrogen (secondary N) is 1. The van der Waals surface area contributed by atoms with Crippen molar-refractivity contribution in [3.05, 3.63) is 65.2 Å². The Bertz CT molecular complexity index is 686. The van der Waals surface area contributed by atoms with Crippen LogP contribution in [0.1, 0.15) is 42.3 Å². The third-order valence-corrected chi connectivity index (χ3v) is 3.28. The van der Waals surface area contributed by atoms with Crippen LogP contribution in [0.25, 0.3) is 0 Å². The van der Waals surface area contributed by atoms with E-state index >= 15 is 0 Å². The summed E-state index contributed by atoms with van der Waals surface area (Å²) in [6.07, 6.45) is 1.45. The Morgan fingerprint density at radius 2 is 1.77 bits per heavy atom. The van der Waals surface area contributed by atoms with Crippen LogP contribution >= 0.6 is 0 Å². The van der Waals surface area contributed by atoms with Crippen LogP contribution in [-0.4, -0.2) is 17.2 Å². The Balaban J connectivity index is 2.13. The van der Waals surface area contributed by atoms with Gasteiger partial charge in [-0.15, -0.1) is 0 Å². The Morgan fingerprint density at radius 1 is 1.09 bits per heavy atom. The fourth-order valence-corrected chi connectivity index (χ4v) is 2.09. The number of hydrogen-bond donors (Lipinski definition) is 2. The number of para-hydroxylation sites is 1. The molecule has 1 amide bonds. The zero-order valence-corrected chi connectivity index (χ0v) is 13.0. The molecule has 0 aliphatic heterocycles. The average molecular weight is 296 g/mol. The van der Waals surface area contributed by atoms with Gasteiger partial charge in [-0.05, 0) is 29.2 Å². The van der Waals surface area contributed by atoms with Crippen LogP contribution in [0.5, 0.6) is 5.75 Å². The number of carbonyl (C=O) groups is 1. The Kier molecular flexibility index (Phi) is 4.61. The van der Waals surface area contributed by atoms with Crippen molar-refractivity contribution in [3.63, 3.8) is 0 Å². The van der Waals surface area contributed by atoms with Gasteiger partial charge in [0.1, 0.15) is 5.75 Å². The van der Waals surface area contributed by atoms with Gasteiger partial charge in [0, 0.05) is 11.1 Å². The van der Waals surface area contributed by atoms with Crippen molar-refractivity contribution in [1.29, 1.82) is 0 Å². The van der Waals surface area contributed by atoms with Gasteiger partial charge in [0.25, 0.3) is 5.91 Å². The van der Waals surface area contributed by atoms with Crippen molar-refractivity contribution in [1.82, 2.24) is 5.43 Å². The first-order valence-corrected chi connectivity index (χ1v) is 7.10. The van der Waals surface area contributed by atoms with Gasteiger partial charge in [-0.2, -0.15) is 5.10 Å². The fraction of sp³-hybridized carbons (Fsp3) is 0.222. The second-order valence-electron chi connectivity index (χ2n) is 6.06. The second-order valence-corrected chi connectivity index (χ2v) is 6.06. The zero-order chi connectivity index (χ0) is 16.2. The normalized spacial score (nSPS) is 11.6. The quantitative estimate of drug-likeness (QED) is 0.673. The molecule has 0 bridgehead atoms. The first-order valence-electron chi connectivity index (χ1n) is 7.10. The molecule has 2 aromatic carbocycles. The van der Waals surface area contributed by atoms with E-state index in [9.17, 15) is 9.90 Å². The third-order valence-electron chi connectivity index (χ3n) is 3.28. The highest BCUT2D eigenvalue weighted by atomic mass is 16.3. The molecule has 2 rings (SSSR count). The van der Waals surface area contributed by atoms with Gasteiger partial charge in [-0.3, -0.25) is 4.79 Å². The summed E-state index contributed by atoms with van der Waals surface area (Å²) in [5.74, 6) is -0.101. The largest absolute Gasteiger partial charge is 0.507 e. The highest BCUT2D eigenvalue weighted by Gasteiger charge is 2.19. The molecule has 0 aromatic heterocycles. The van der Waals surface area contributed by atoms with Crippen molar-refractivity contribution in [2.24, 2.45) is 5.10 Å². The highest BCUT2D eigenvalue weighted by Crippen LogP contribution is 2.32. The fourth-order valence-electron chi connectivity index (χ4n) is 2.09. The predicted octanol–water partition coefficient (Wildman–Crippen LogP) is 3.45. The molecule has 0 fully saturated rings. The van der Waals surface area contributed by atoms with Gasteiger partial charge in [0.2, 0.25) is 0 Å². The summed E-state index contributed by atoms with van der Waals surface area (Å²) in [5, 5.41) is 14.2. The van der Waals surface area contributed by atoms with Crippen molar-refractivity contribution >= 4 is 12.1 Å². The van der Waals surface area contributed by atoms with Crippen molar-refractivity contribution in [2.75, 3.05) is 0 Å². The Morgan fingerprint density at radius 3 is 2.41 bits per heavy atom. The van der Waals surface area contributed by atoms with E-state index in [1.54, 1.807) is 30.3 Å². The van der Waals surface area contributed by atoms with Crippen LogP contribution in [0.2, 0.25) is 0 Å². The first-order chi connectivity index (χ1) is 10.4. The SMILES string of the molecule is CC(C)(C)c1cccc(/C=N/NC(=O)c2ccccc2)c1O. The molecule has 0 saturated heterocycles. The summed E-state index contributed by atoms with van der Waals surface area (Å²) >= 11 is 0. The molecular weight excluding hydrogens is 276 g/mol. The number of carbonyl (C=O) groups excluding carboxylic acids is 1. The number of aromatic hydroxyl groups is 1. The molecule has 2 N–H and O–H groups in total. The van der Waals surface area contributed by atoms with E-state index in [4.69, 9.17) is 0 Å². The minimum atomic E-state index is -0.289. The molecule has 4 nitrogen and oxygen atoms in total. The van der Waals surface area contributed by atoms with Gasteiger partial charge < -0.3 is 5.11 Å². The van der Waals surface area contributed by atoms with Gasteiger partial charge >= 0.3 is 0 Å². The maximum absolute atomic E-state index is 11.9. The lowest BCUT2D eigenvalue weighted by atomic mass is 9.85. The van der Waals surface area contributed by atoms with Crippen LogP contribution in [0.4, 0.5) is 0 Å². The second kappa shape index (κ2) is 6.43. The number of hydrogen-bond acceptors (Lipinski definition) is 3. The highest BCUT2D eigenvalue weighted by molar-refractivity contribution is 5.95. The molecule has 0 saturated carbocycles. The molecule has 0 spiro atoms. The molecule has 0 aliphatic carbocycles. The van der Waals surface area contributed by atoms with Crippen molar-refractivity contribution in [3.8, 4) is 5.75 Å². The molecule has 2 aromatic rings. The number of rotatable bonds is 3.